The number of ketones is 1. The number of nitro groups is 1. The van der Waals surface area contributed by atoms with Crippen LogP contribution < -0.4 is 0 Å². The minimum atomic E-state index is -0.476. The molecule has 0 spiro atoms. The van der Waals surface area contributed by atoms with Gasteiger partial charge in [0.25, 0.3) is 5.69 Å². The molecule has 0 saturated heterocycles. The molecule has 0 aliphatic rings. The van der Waals surface area contributed by atoms with E-state index in [9.17, 15) is 14.9 Å². The molecule has 0 aliphatic carbocycles. The first-order valence-electron chi connectivity index (χ1n) is 6.49. The standard InChI is InChI=1S/C14H15N3O4/c1-8(2)12(9(3)18)14-15-13(16-21-14)10-4-6-11(7-5-10)17(19)20/h4-8,12H,1-3H3. The normalized spacial score (nSPS) is 12.4. The summed E-state index contributed by atoms with van der Waals surface area (Å²) in [5, 5.41) is 14.4. The second-order valence-corrected chi connectivity index (χ2v) is 5.09. The van der Waals surface area contributed by atoms with Crippen molar-refractivity contribution in [2.75, 3.05) is 0 Å². The maximum atomic E-state index is 11.6. The Bertz CT molecular complexity index is 661. The second kappa shape index (κ2) is 5.82. The summed E-state index contributed by atoms with van der Waals surface area (Å²) in [5.41, 5.74) is 0.591. The molecule has 0 radical (unpaired) electrons. The molecule has 0 amide bonds. The summed E-state index contributed by atoms with van der Waals surface area (Å²) in [4.78, 5) is 26.0. The molecule has 1 aromatic heterocycles. The number of non-ortho nitro benzene ring substituents is 1. The Kier molecular flexibility index (Phi) is 4.11. The fraction of sp³-hybridized carbons (Fsp3) is 0.357. The molecule has 1 unspecified atom stereocenters. The Labute approximate surface area is 121 Å². The molecule has 2 rings (SSSR count). The summed E-state index contributed by atoms with van der Waals surface area (Å²) < 4.78 is 5.17. The Hall–Kier alpha value is -2.57. The monoisotopic (exact) mass is 289 g/mol. The van der Waals surface area contributed by atoms with Crippen LogP contribution in [-0.2, 0) is 4.79 Å². The van der Waals surface area contributed by atoms with Gasteiger partial charge in [0, 0.05) is 17.7 Å². The van der Waals surface area contributed by atoms with E-state index in [1.54, 1.807) is 12.1 Å². The highest BCUT2D eigenvalue weighted by Crippen LogP contribution is 2.27. The third kappa shape index (κ3) is 3.13. The molecule has 21 heavy (non-hydrogen) atoms. The van der Waals surface area contributed by atoms with Crippen molar-refractivity contribution >= 4 is 11.5 Å². The molecule has 1 heterocycles. The Morgan fingerprint density at radius 3 is 2.38 bits per heavy atom. The number of Topliss-reactive ketones (excluding diaryl/α,β-unsaturated/α-hetero) is 1. The molecule has 0 bridgehead atoms. The van der Waals surface area contributed by atoms with Crippen LogP contribution in [0.15, 0.2) is 28.8 Å². The van der Waals surface area contributed by atoms with Gasteiger partial charge in [0.2, 0.25) is 11.7 Å². The number of hydrogen-bond donors (Lipinski definition) is 0. The van der Waals surface area contributed by atoms with Crippen molar-refractivity contribution in [1.29, 1.82) is 0 Å². The lowest BCUT2D eigenvalue weighted by molar-refractivity contribution is -0.384. The molecular formula is C14H15N3O4. The lowest BCUT2D eigenvalue weighted by Crippen LogP contribution is -2.15. The summed E-state index contributed by atoms with van der Waals surface area (Å²) >= 11 is 0. The molecule has 2 aromatic rings. The van der Waals surface area contributed by atoms with Gasteiger partial charge in [-0.15, -0.1) is 0 Å². The Morgan fingerprint density at radius 1 is 1.29 bits per heavy atom. The number of nitrogens with zero attached hydrogens (tertiary/aromatic N) is 3. The summed E-state index contributed by atoms with van der Waals surface area (Å²) in [5.74, 6) is 0.151. The number of nitro benzene ring substituents is 1. The zero-order valence-electron chi connectivity index (χ0n) is 11.9. The third-order valence-corrected chi connectivity index (χ3v) is 3.15. The molecule has 7 nitrogen and oxygen atoms in total. The van der Waals surface area contributed by atoms with Crippen molar-refractivity contribution in [3.8, 4) is 11.4 Å². The highest BCUT2D eigenvalue weighted by Gasteiger charge is 2.27. The highest BCUT2D eigenvalue weighted by atomic mass is 16.6. The van der Waals surface area contributed by atoms with E-state index >= 15 is 0 Å². The van der Waals surface area contributed by atoms with Crippen LogP contribution in [0.2, 0.25) is 0 Å². The summed E-state index contributed by atoms with van der Waals surface area (Å²) in [6.45, 7) is 5.30. The van der Waals surface area contributed by atoms with Gasteiger partial charge in [0.05, 0.1) is 10.8 Å². The second-order valence-electron chi connectivity index (χ2n) is 5.09. The van der Waals surface area contributed by atoms with E-state index in [1.807, 2.05) is 13.8 Å². The first-order valence-corrected chi connectivity index (χ1v) is 6.49. The van der Waals surface area contributed by atoms with Crippen molar-refractivity contribution in [3.05, 3.63) is 40.3 Å². The van der Waals surface area contributed by atoms with Crippen molar-refractivity contribution in [3.63, 3.8) is 0 Å². The smallest absolute Gasteiger partial charge is 0.269 e. The number of aromatic nitrogens is 2. The number of rotatable bonds is 5. The van der Waals surface area contributed by atoms with E-state index in [0.717, 1.165) is 0 Å². The first kappa shape index (κ1) is 14.8. The van der Waals surface area contributed by atoms with E-state index in [-0.39, 0.29) is 23.3 Å². The van der Waals surface area contributed by atoms with Gasteiger partial charge in [-0.1, -0.05) is 19.0 Å². The lowest BCUT2D eigenvalue weighted by atomic mass is 9.92. The van der Waals surface area contributed by atoms with Crippen LogP contribution in [0.1, 0.15) is 32.6 Å². The van der Waals surface area contributed by atoms with Gasteiger partial charge in [0.1, 0.15) is 5.78 Å². The van der Waals surface area contributed by atoms with E-state index in [0.29, 0.717) is 11.4 Å². The molecule has 0 N–H and O–H groups in total. The van der Waals surface area contributed by atoms with Crippen LogP contribution in [0.5, 0.6) is 0 Å². The minimum absolute atomic E-state index is 0.00809. The quantitative estimate of drug-likeness (QED) is 0.619. The number of carbonyl (C=O) groups excluding carboxylic acids is 1. The molecule has 0 aliphatic heterocycles. The highest BCUT2D eigenvalue weighted by molar-refractivity contribution is 5.82. The van der Waals surface area contributed by atoms with E-state index in [4.69, 9.17) is 4.52 Å². The van der Waals surface area contributed by atoms with Gasteiger partial charge >= 0.3 is 0 Å². The predicted octanol–water partition coefficient (Wildman–Crippen LogP) is 2.97. The number of hydrogen-bond acceptors (Lipinski definition) is 6. The SMILES string of the molecule is CC(=O)C(c1nc(-c2ccc([N+](=O)[O-])cc2)no1)C(C)C. The van der Waals surface area contributed by atoms with E-state index in [2.05, 4.69) is 10.1 Å². The minimum Gasteiger partial charge on any atom is -0.338 e. The molecule has 1 atom stereocenters. The summed E-state index contributed by atoms with van der Waals surface area (Å²) in [7, 11) is 0. The topological polar surface area (TPSA) is 99.1 Å². The van der Waals surface area contributed by atoms with Crippen LogP contribution in [0, 0.1) is 16.0 Å². The van der Waals surface area contributed by atoms with Gasteiger partial charge < -0.3 is 4.52 Å². The molecule has 110 valence electrons. The van der Waals surface area contributed by atoms with Crippen molar-refractivity contribution in [1.82, 2.24) is 10.1 Å². The molecular weight excluding hydrogens is 274 g/mol. The Morgan fingerprint density at radius 2 is 1.90 bits per heavy atom. The van der Waals surface area contributed by atoms with Gasteiger partial charge in [0.15, 0.2) is 0 Å². The van der Waals surface area contributed by atoms with Crippen molar-refractivity contribution in [2.45, 2.75) is 26.7 Å². The van der Waals surface area contributed by atoms with Gasteiger partial charge in [-0.2, -0.15) is 4.98 Å². The maximum absolute atomic E-state index is 11.6. The van der Waals surface area contributed by atoms with Crippen LogP contribution in [0.3, 0.4) is 0 Å². The third-order valence-electron chi connectivity index (χ3n) is 3.15. The van der Waals surface area contributed by atoms with Crippen molar-refractivity contribution in [2.24, 2.45) is 5.92 Å². The van der Waals surface area contributed by atoms with Gasteiger partial charge in [-0.3, -0.25) is 14.9 Å². The molecule has 7 heteroatoms. The predicted molar refractivity (Wildman–Crippen MR) is 74.6 cm³/mol. The molecule has 1 aromatic carbocycles. The fourth-order valence-corrected chi connectivity index (χ4v) is 2.14. The molecule has 0 saturated carbocycles. The zero-order chi connectivity index (χ0) is 15.6. The average Bonchev–Trinajstić information content (AvgIpc) is 2.87. The number of benzene rings is 1. The fourth-order valence-electron chi connectivity index (χ4n) is 2.14. The number of carbonyl (C=O) groups is 1. The van der Waals surface area contributed by atoms with Crippen LogP contribution in [0.4, 0.5) is 5.69 Å². The maximum Gasteiger partial charge on any atom is 0.269 e. The average molecular weight is 289 g/mol. The summed E-state index contributed by atoms with van der Waals surface area (Å²) in [6, 6.07) is 5.84. The van der Waals surface area contributed by atoms with Crippen LogP contribution >= 0.6 is 0 Å². The molecule has 0 fully saturated rings. The largest absolute Gasteiger partial charge is 0.338 e. The van der Waals surface area contributed by atoms with Gasteiger partial charge in [-0.05, 0) is 25.0 Å². The Balaban J connectivity index is 2.31. The summed E-state index contributed by atoms with van der Waals surface area (Å²) in [6.07, 6.45) is 0. The lowest BCUT2D eigenvalue weighted by Gasteiger charge is -2.12. The van der Waals surface area contributed by atoms with Crippen molar-refractivity contribution < 1.29 is 14.2 Å². The van der Waals surface area contributed by atoms with E-state index < -0.39 is 10.8 Å². The van der Waals surface area contributed by atoms with Crippen LogP contribution in [-0.4, -0.2) is 20.8 Å². The zero-order valence-corrected chi connectivity index (χ0v) is 11.9. The first-order chi connectivity index (χ1) is 9.90. The van der Waals surface area contributed by atoms with Gasteiger partial charge in [-0.25, -0.2) is 0 Å². The van der Waals surface area contributed by atoms with E-state index in [1.165, 1.54) is 19.1 Å². The van der Waals surface area contributed by atoms with Crippen LogP contribution in [0.25, 0.3) is 11.4 Å².